The first kappa shape index (κ1) is 14.2. The second-order valence-corrected chi connectivity index (χ2v) is 6.29. The van der Waals surface area contributed by atoms with Gasteiger partial charge in [-0.3, -0.25) is 0 Å². The summed E-state index contributed by atoms with van der Waals surface area (Å²) in [4.78, 5) is 0.00188. The summed E-state index contributed by atoms with van der Waals surface area (Å²) in [6, 6.07) is 3.77. The number of nitrogens with one attached hydrogen (secondary N) is 2. The van der Waals surface area contributed by atoms with Crippen LogP contribution in [-0.2, 0) is 10.0 Å². The van der Waals surface area contributed by atoms with Gasteiger partial charge in [0, 0.05) is 13.1 Å². The minimum atomic E-state index is -3.66. The van der Waals surface area contributed by atoms with Crippen LogP contribution in [0.2, 0.25) is 0 Å². The maximum atomic E-state index is 13.2. The molecule has 6 heteroatoms. The van der Waals surface area contributed by atoms with Gasteiger partial charge in [0.15, 0.2) is 0 Å². The highest BCUT2D eigenvalue weighted by molar-refractivity contribution is 7.89. The summed E-state index contributed by atoms with van der Waals surface area (Å²) in [5, 5.41) is 3.16. The molecule has 19 heavy (non-hydrogen) atoms. The fourth-order valence-electron chi connectivity index (χ4n) is 1.96. The van der Waals surface area contributed by atoms with E-state index in [4.69, 9.17) is 0 Å². The van der Waals surface area contributed by atoms with Gasteiger partial charge in [0.25, 0.3) is 0 Å². The molecule has 0 fully saturated rings. The number of hydrogen-bond acceptors (Lipinski definition) is 3. The largest absolute Gasteiger partial charge is 0.313 e. The molecule has 1 heterocycles. The van der Waals surface area contributed by atoms with Crippen LogP contribution < -0.4 is 10.0 Å². The Morgan fingerprint density at radius 1 is 1.42 bits per heavy atom. The zero-order chi connectivity index (χ0) is 13.9. The van der Waals surface area contributed by atoms with E-state index in [0.29, 0.717) is 5.56 Å². The second kappa shape index (κ2) is 5.81. The van der Waals surface area contributed by atoms with E-state index in [1.165, 1.54) is 12.1 Å². The van der Waals surface area contributed by atoms with Crippen LogP contribution >= 0.6 is 0 Å². The molecule has 0 atom stereocenters. The molecule has 0 spiro atoms. The van der Waals surface area contributed by atoms with Crippen LogP contribution in [0.25, 0.3) is 0 Å². The second-order valence-electron chi connectivity index (χ2n) is 4.55. The smallest absolute Gasteiger partial charge is 0.241 e. The molecule has 0 radical (unpaired) electrons. The van der Waals surface area contributed by atoms with Gasteiger partial charge in [0.2, 0.25) is 10.0 Å². The maximum Gasteiger partial charge on any atom is 0.241 e. The van der Waals surface area contributed by atoms with Gasteiger partial charge >= 0.3 is 0 Å². The van der Waals surface area contributed by atoms with E-state index in [-0.39, 0.29) is 11.4 Å². The zero-order valence-corrected chi connectivity index (χ0v) is 11.6. The van der Waals surface area contributed by atoms with Crippen molar-refractivity contribution in [1.29, 1.82) is 0 Å². The number of aryl methyl sites for hydroxylation is 1. The van der Waals surface area contributed by atoms with Crippen LogP contribution in [0.3, 0.4) is 0 Å². The first-order valence-electron chi connectivity index (χ1n) is 6.13. The fraction of sp³-hybridized carbons (Fsp3) is 0.385. The Kier molecular flexibility index (Phi) is 4.34. The summed E-state index contributed by atoms with van der Waals surface area (Å²) in [7, 11) is -3.66. The van der Waals surface area contributed by atoms with Crippen molar-refractivity contribution >= 4 is 10.0 Å². The highest BCUT2D eigenvalue weighted by Gasteiger charge is 2.18. The zero-order valence-electron chi connectivity index (χ0n) is 10.7. The molecule has 1 aromatic rings. The summed E-state index contributed by atoms with van der Waals surface area (Å²) >= 11 is 0. The van der Waals surface area contributed by atoms with E-state index >= 15 is 0 Å². The number of hydrogen-bond donors (Lipinski definition) is 2. The first-order chi connectivity index (χ1) is 8.99. The van der Waals surface area contributed by atoms with Gasteiger partial charge in [0.05, 0.1) is 4.90 Å². The molecule has 2 N–H and O–H groups in total. The molecule has 2 rings (SSSR count). The summed E-state index contributed by atoms with van der Waals surface area (Å²) in [5.74, 6) is -0.549. The summed E-state index contributed by atoms with van der Waals surface area (Å²) in [5.41, 5.74) is 1.59. The lowest BCUT2D eigenvalue weighted by Crippen LogP contribution is -2.30. The van der Waals surface area contributed by atoms with Crippen molar-refractivity contribution in [3.8, 4) is 0 Å². The Balaban J connectivity index is 2.13. The van der Waals surface area contributed by atoms with Crippen LogP contribution in [0.5, 0.6) is 0 Å². The molecule has 1 aliphatic heterocycles. The highest BCUT2D eigenvalue weighted by atomic mass is 32.2. The van der Waals surface area contributed by atoms with Crippen LogP contribution in [0.15, 0.2) is 34.7 Å². The third-order valence-electron chi connectivity index (χ3n) is 3.09. The van der Waals surface area contributed by atoms with Crippen molar-refractivity contribution in [3.05, 3.63) is 41.2 Å². The van der Waals surface area contributed by atoms with Gasteiger partial charge < -0.3 is 5.32 Å². The maximum absolute atomic E-state index is 13.2. The predicted molar refractivity (Wildman–Crippen MR) is 71.9 cm³/mol. The van der Waals surface area contributed by atoms with E-state index in [9.17, 15) is 12.8 Å². The van der Waals surface area contributed by atoms with E-state index in [2.05, 4.69) is 10.0 Å². The average Bonchev–Trinajstić information content (AvgIpc) is 2.40. The Hall–Kier alpha value is -1.24. The summed E-state index contributed by atoms with van der Waals surface area (Å²) in [6.45, 7) is 3.54. The van der Waals surface area contributed by atoms with Gasteiger partial charge in [-0.15, -0.1) is 0 Å². The number of halogens is 1. The molecule has 0 unspecified atom stereocenters. The van der Waals surface area contributed by atoms with Crippen LogP contribution in [0, 0.1) is 12.7 Å². The quantitative estimate of drug-likeness (QED) is 0.820. The van der Waals surface area contributed by atoms with Crippen LogP contribution in [0.4, 0.5) is 4.39 Å². The molecule has 0 bridgehead atoms. The first-order valence-corrected chi connectivity index (χ1v) is 7.62. The third kappa shape index (κ3) is 3.62. The SMILES string of the molecule is Cc1ccc(F)cc1S(=O)(=O)NCC1=CCNCC1. The Bertz CT molecular complexity index is 597. The predicted octanol–water partition coefficient (Wildman–Crippen LogP) is 1.33. The number of benzene rings is 1. The Labute approximate surface area is 112 Å². The minimum absolute atomic E-state index is 0.00188. The molecule has 0 aliphatic carbocycles. The van der Waals surface area contributed by atoms with E-state index in [1.807, 2.05) is 6.08 Å². The van der Waals surface area contributed by atoms with Crippen molar-refractivity contribution in [2.45, 2.75) is 18.2 Å². The normalized spacial score (nSPS) is 16.2. The van der Waals surface area contributed by atoms with Crippen molar-refractivity contribution in [3.63, 3.8) is 0 Å². The molecule has 0 aromatic heterocycles. The molecule has 4 nitrogen and oxygen atoms in total. The lowest BCUT2D eigenvalue weighted by Gasteiger charge is -2.15. The number of sulfonamides is 1. The van der Waals surface area contributed by atoms with E-state index in [0.717, 1.165) is 31.1 Å². The molecule has 1 aromatic carbocycles. The van der Waals surface area contributed by atoms with Crippen LogP contribution in [0.1, 0.15) is 12.0 Å². The van der Waals surface area contributed by atoms with Gasteiger partial charge in [-0.1, -0.05) is 17.7 Å². The molecule has 0 amide bonds. The lowest BCUT2D eigenvalue weighted by molar-refractivity contribution is 0.577. The lowest BCUT2D eigenvalue weighted by atomic mass is 10.1. The fourth-order valence-corrected chi connectivity index (χ4v) is 3.25. The molecule has 0 saturated carbocycles. The van der Waals surface area contributed by atoms with Gasteiger partial charge in [-0.25, -0.2) is 17.5 Å². The third-order valence-corrected chi connectivity index (χ3v) is 4.63. The minimum Gasteiger partial charge on any atom is -0.313 e. The van der Waals surface area contributed by atoms with E-state index < -0.39 is 15.8 Å². The average molecular weight is 284 g/mol. The summed E-state index contributed by atoms with van der Waals surface area (Å²) in [6.07, 6.45) is 2.80. The van der Waals surface area contributed by atoms with Crippen molar-refractivity contribution in [2.24, 2.45) is 0 Å². The molecule has 0 saturated heterocycles. The monoisotopic (exact) mass is 284 g/mol. The van der Waals surface area contributed by atoms with Gasteiger partial charge in [-0.05, 0) is 37.6 Å². The molecular weight excluding hydrogens is 267 g/mol. The standard InChI is InChI=1S/C13H17FN2O2S/c1-10-2-3-12(14)8-13(10)19(17,18)16-9-11-4-6-15-7-5-11/h2-4,8,15-16H,5-7,9H2,1H3. The molecular formula is C13H17FN2O2S. The van der Waals surface area contributed by atoms with E-state index in [1.54, 1.807) is 6.92 Å². The Morgan fingerprint density at radius 3 is 2.89 bits per heavy atom. The highest BCUT2D eigenvalue weighted by Crippen LogP contribution is 2.16. The summed E-state index contributed by atoms with van der Waals surface area (Å²) < 4.78 is 39.9. The molecule has 104 valence electrons. The van der Waals surface area contributed by atoms with Crippen molar-refractivity contribution in [2.75, 3.05) is 19.6 Å². The van der Waals surface area contributed by atoms with Gasteiger partial charge in [0.1, 0.15) is 5.82 Å². The Morgan fingerprint density at radius 2 is 2.21 bits per heavy atom. The van der Waals surface area contributed by atoms with Crippen LogP contribution in [-0.4, -0.2) is 28.1 Å². The molecule has 1 aliphatic rings. The van der Waals surface area contributed by atoms with Crippen molar-refractivity contribution in [1.82, 2.24) is 10.0 Å². The van der Waals surface area contributed by atoms with Crippen molar-refractivity contribution < 1.29 is 12.8 Å². The topological polar surface area (TPSA) is 58.2 Å². The number of rotatable bonds is 4. The van der Waals surface area contributed by atoms with Gasteiger partial charge in [-0.2, -0.15) is 0 Å².